The summed E-state index contributed by atoms with van der Waals surface area (Å²) >= 11 is 0. The monoisotopic (exact) mass is 627 g/mol. The second kappa shape index (κ2) is 13.3. The summed E-state index contributed by atoms with van der Waals surface area (Å²) in [5, 5.41) is 13.9. The number of rotatable bonds is 8. The first-order valence-corrected chi connectivity index (χ1v) is 16.3. The maximum Gasteiger partial charge on any atom is 0.258 e. The Bertz CT molecular complexity index is 1500. The fourth-order valence-corrected chi connectivity index (χ4v) is 7.45. The topological polar surface area (TPSA) is 106 Å². The quantitative estimate of drug-likeness (QED) is 0.345. The fraction of sp³-hybridized carbons (Fsp3) is 0.484. The molecule has 44 heavy (non-hydrogen) atoms. The number of anilines is 3. The molecule has 236 valence electrons. The van der Waals surface area contributed by atoms with Crippen LogP contribution in [-0.2, 0) is 28.7 Å². The molecule has 3 N–H and O–H groups in total. The third-order valence-corrected chi connectivity index (χ3v) is 10.2. The Balaban J connectivity index is 1.21. The van der Waals surface area contributed by atoms with Crippen LogP contribution in [0.4, 0.5) is 26.0 Å². The Morgan fingerprint density at radius 2 is 1.77 bits per heavy atom. The highest BCUT2D eigenvalue weighted by Gasteiger charge is 2.29. The lowest BCUT2D eigenvalue weighted by Crippen LogP contribution is -2.42. The summed E-state index contributed by atoms with van der Waals surface area (Å²) in [6, 6.07) is 9.61. The molecule has 4 heterocycles. The highest BCUT2D eigenvalue weighted by Crippen LogP contribution is 2.31. The Labute approximate surface area is 258 Å². The molecule has 1 aromatic heterocycles. The molecule has 0 radical (unpaired) electrons. The van der Waals surface area contributed by atoms with Crippen molar-refractivity contribution in [1.82, 2.24) is 19.4 Å². The highest BCUT2D eigenvalue weighted by atomic mass is 32.2. The summed E-state index contributed by atoms with van der Waals surface area (Å²) < 4.78 is 48.0. The predicted octanol–water partition coefficient (Wildman–Crippen LogP) is 4.14. The lowest BCUT2D eigenvalue weighted by molar-refractivity contribution is 0.0904. The highest BCUT2D eigenvalue weighted by molar-refractivity contribution is 7.82. The number of nitrogens with one attached hydrogen (secondary N) is 3. The third kappa shape index (κ3) is 6.80. The van der Waals surface area contributed by atoms with Crippen LogP contribution < -0.4 is 15.5 Å². The predicted molar refractivity (Wildman–Crippen MR) is 166 cm³/mol. The van der Waals surface area contributed by atoms with Crippen LogP contribution in [0.5, 0.6) is 0 Å². The van der Waals surface area contributed by atoms with E-state index in [1.54, 1.807) is 4.31 Å². The molecule has 1 amide bonds. The van der Waals surface area contributed by atoms with Crippen molar-refractivity contribution in [2.24, 2.45) is 0 Å². The molecule has 1 atom stereocenters. The largest absolute Gasteiger partial charge is 0.381 e. The molecule has 6 rings (SSSR count). The van der Waals surface area contributed by atoms with Gasteiger partial charge in [-0.3, -0.25) is 9.89 Å². The van der Waals surface area contributed by atoms with Crippen molar-refractivity contribution in [3.8, 4) is 0 Å². The zero-order valence-electron chi connectivity index (χ0n) is 25.1. The van der Waals surface area contributed by atoms with E-state index >= 15 is 0 Å². The smallest absolute Gasteiger partial charge is 0.258 e. The van der Waals surface area contributed by atoms with Crippen LogP contribution in [0.3, 0.4) is 0 Å². The van der Waals surface area contributed by atoms with E-state index in [4.69, 9.17) is 4.74 Å². The van der Waals surface area contributed by atoms with E-state index < -0.39 is 22.6 Å². The van der Waals surface area contributed by atoms with Gasteiger partial charge in [0, 0.05) is 86.6 Å². The number of ether oxygens (including phenoxy) is 1. The summed E-state index contributed by atoms with van der Waals surface area (Å²) in [4.78, 5) is 18.5. The molecule has 2 fully saturated rings. The first-order chi connectivity index (χ1) is 21.2. The number of hydrogen-bond acceptors (Lipinski definition) is 7. The van der Waals surface area contributed by atoms with Crippen LogP contribution in [-0.4, -0.2) is 88.5 Å². The number of hydrogen-bond donors (Lipinski definition) is 3. The zero-order valence-corrected chi connectivity index (χ0v) is 25.9. The van der Waals surface area contributed by atoms with Crippen molar-refractivity contribution in [3.05, 3.63) is 64.9 Å². The van der Waals surface area contributed by atoms with Crippen LogP contribution in [0.1, 0.15) is 47.3 Å². The number of carbonyl (C=O) groups is 1. The van der Waals surface area contributed by atoms with Crippen LogP contribution in [0, 0.1) is 11.6 Å². The Hall–Kier alpha value is -3.39. The van der Waals surface area contributed by atoms with Crippen LogP contribution >= 0.6 is 0 Å². The fourth-order valence-electron chi connectivity index (χ4n) is 6.22. The molecule has 0 bridgehead atoms. The van der Waals surface area contributed by atoms with Crippen molar-refractivity contribution in [2.75, 3.05) is 62.5 Å². The summed E-state index contributed by atoms with van der Waals surface area (Å²) in [6.07, 6.45) is 4.37. The zero-order chi connectivity index (χ0) is 30.8. The van der Waals surface area contributed by atoms with Gasteiger partial charge in [-0.25, -0.2) is 17.3 Å². The van der Waals surface area contributed by atoms with Crippen molar-refractivity contribution >= 4 is 34.1 Å². The lowest BCUT2D eigenvalue weighted by Gasteiger charge is -2.37. The first-order valence-electron chi connectivity index (χ1n) is 15.2. The van der Waals surface area contributed by atoms with Gasteiger partial charge in [-0.1, -0.05) is 0 Å². The van der Waals surface area contributed by atoms with E-state index in [-0.39, 0.29) is 23.4 Å². The van der Waals surface area contributed by atoms with Gasteiger partial charge < -0.3 is 25.2 Å². The number of fused-ring (bicyclic) bond motifs is 1. The summed E-state index contributed by atoms with van der Waals surface area (Å²) in [5.41, 5.74) is 3.89. The number of aromatic nitrogens is 2. The van der Waals surface area contributed by atoms with Gasteiger partial charge in [0.2, 0.25) is 0 Å². The normalized spacial score (nSPS) is 19.2. The van der Waals surface area contributed by atoms with E-state index in [0.717, 1.165) is 74.0 Å². The Morgan fingerprint density at radius 3 is 2.48 bits per heavy atom. The molecule has 0 spiro atoms. The minimum Gasteiger partial charge on any atom is -0.381 e. The molecule has 0 saturated carbocycles. The average Bonchev–Trinajstić information content (AvgIpc) is 3.42. The number of benzene rings is 2. The van der Waals surface area contributed by atoms with E-state index in [1.807, 2.05) is 12.1 Å². The summed E-state index contributed by atoms with van der Waals surface area (Å²) in [5.74, 6) is -1.52. The van der Waals surface area contributed by atoms with Gasteiger partial charge in [0.1, 0.15) is 22.6 Å². The van der Waals surface area contributed by atoms with E-state index in [1.165, 1.54) is 0 Å². The van der Waals surface area contributed by atoms with E-state index in [2.05, 4.69) is 50.8 Å². The first kappa shape index (κ1) is 30.6. The van der Waals surface area contributed by atoms with Crippen LogP contribution in [0.2, 0.25) is 0 Å². The molecular weight excluding hydrogens is 588 g/mol. The van der Waals surface area contributed by atoms with Gasteiger partial charge in [-0.05, 0) is 70.1 Å². The maximum atomic E-state index is 13.8. The Morgan fingerprint density at radius 1 is 1.05 bits per heavy atom. The van der Waals surface area contributed by atoms with Crippen molar-refractivity contribution in [2.45, 2.75) is 55.6 Å². The average molecular weight is 628 g/mol. The van der Waals surface area contributed by atoms with Crippen molar-refractivity contribution < 1.29 is 22.5 Å². The SMILES string of the molecule is CN(C)C1CCN(c2ccc(C(=O)Nc3n[nH]c4c3CN(S(=O)c3cc(F)cc(F)c3)CC4)c(NC3CCOCC3)c2)CC1. The molecule has 3 aliphatic heterocycles. The maximum absolute atomic E-state index is 13.8. The lowest BCUT2D eigenvalue weighted by atomic mass is 10.0. The van der Waals surface area contributed by atoms with Gasteiger partial charge in [0.05, 0.1) is 10.5 Å². The number of amides is 1. The third-order valence-electron chi connectivity index (χ3n) is 8.79. The van der Waals surface area contributed by atoms with E-state index in [0.29, 0.717) is 49.2 Å². The number of nitrogens with zero attached hydrogens (tertiary/aromatic N) is 4. The molecule has 2 aromatic carbocycles. The second-order valence-corrected chi connectivity index (χ2v) is 13.4. The molecule has 1 unspecified atom stereocenters. The van der Waals surface area contributed by atoms with Crippen molar-refractivity contribution in [3.63, 3.8) is 0 Å². The Kier molecular flexibility index (Phi) is 9.26. The molecule has 10 nitrogen and oxygen atoms in total. The molecule has 0 aliphatic carbocycles. The number of aromatic amines is 1. The molecule has 3 aromatic rings. The van der Waals surface area contributed by atoms with Crippen molar-refractivity contribution in [1.29, 1.82) is 0 Å². The van der Waals surface area contributed by atoms with Gasteiger partial charge >= 0.3 is 0 Å². The minimum atomic E-state index is -1.79. The molecule has 3 aliphatic rings. The molecule has 2 saturated heterocycles. The summed E-state index contributed by atoms with van der Waals surface area (Å²) in [6.45, 7) is 3.85. The number of H-pyrrole nitrogens is 1. The van der Waals surface area contributed by atoms with Crippen LogP contribution in [0.25, 0.3) is 0 Å². The van der Waals surface area contributed by atoms with Gasteiger partial charge in [-0.15, -0.1) is 0 Å². The van der Waals surface area contributed by atoms with Gasteiger partial charge in [0.15, 0.2) is 5.82 Å². The number of piperidine rings is 1. The minimum absolute atomic E-state index is 0.0508. The molecular formula is C31H39F2N7O3S. The van der Waals surface area contributed by atoms with Gasteiger partial charge in [-0.2, -0.15) is 5.10 Å². The second-order valence-electron chi connectivity index (χ2n) is 11.9. The summed E-state index contributed by atoms with van der Waals surface area (Å²) in [7, 11) is 2.47. The van der Waals surface area contributed by atoms with Gasteiger partial charge in [0.25, 0.3) is 5.91 Å². The van der Waals surface area contributed by atoms with Crippen LogP contribution in [0.15, 0.2) is 41.3 Å². The van der Waals surface area contributed by atoms with E-state index in [9.17, 15) is 17.8 Å². The molecule has 13 heteroatoms. The standard InChI is InChI=1S/C31H39F2N7O3S/c1-38(2)23-5-10-39(11-6-23)24-3-4-26(29(18-24)34-22-8-13-43-14-9-22)31(41)35-30-27-19-40(12-7-28(27)36-37-30)44(42)25-16-20(32)15-21(33)17-25/h3-4,15-18,22-23,34H,5-14,19H2,1-2H3,(H2,35,36,37,41). The number of carbonyl (C=O) groups excluding carboxylic acids is 1. The number of halogens is 2.